The number of aromatic nitrogens is 1. The SMILES string of the molecule is CNC(c1cc(Cl)cc(Cl)c1)c1ccc2cccnc2c1. The summed E-state index contributed by atoms with van der Waals surface area (Å²) < 4.78 is 0. The second-order valence-corrected chi connectivity index (χ2v) is 5.75. The van der Waals surface area contributed by atoms with Gasteiger partial charge < -0.3 is 5.32 Å². The Labute approximate surface area is 133 Å². The number of fused-ring (bicyclic) bond motifs is 1. The molecule has 0 aliphatic heterocycles. The average molecular weight is 317 g/mol. The summed E-state index contributed by atoms with van der Waals surface area (Å²) in [5.74, 6) is 0. The third-order valence-corrected chi connectivity index (χ3v) is 3.91. The molecular weight excluding hydrogens is 303 g/mol. The summed E-state index contributed by atoms with van der Waals surface area (Å²) in [5.41, 5.74) is 3.13. The molecule has 0 spiro atoms. The minimum absolute atomic E-state index is 0.0209. The molecule has 2 aromatic carbocycles. The van der Waals surface area contributed by atoms with Gasteiger partial charge in [0.25, 0.3) is 0 Å². The first-order chi connectivity index (χ1) is 10.2. The van der Waals surface area contributed by atoms with E-state index >= 15 is 0 Å². The van der Waals surface area contributed by atoms with Crippen LogP contribution >= 0.6 is 23.2 Å². The van der Waals surface area contributed by atoms with E-state index in [1.807, 2.05) is 25.2 Å². The Kier molecular flexibility index (Phi) is 4.11. The number of rotatable bonds is 3. The highest BCUT2D eigenvalue weighted by Crippen LogP contribution is 2.29. The zero-order chi connectivity index (χ0) is 14.8. The van der Waals surface area contributed by atoms with Gasteiger partial charge >= 0.3 is 0 Å². The molecule has 1 aromatic heterocycles. The van der Waals surface area contributed by atoms with Crippen molar-refractivity contribution >= 4 is 34.1 Å². The minimum Gasteiger partial charge on any atom is -0.309 e. The summed E-state index contributed by atoms with van der Waals surface area (Å²) in [6.07, 6.45) is 1.80. The molecule has 0 aliphatic carbocycles. The van der Waals surface area contributed by atoms with Crippen LogP contribution in [0.3, 0.4) is 0 Å². The Bertz CT molecular complexity index is 766. The summed E-state index contributed by atoms with van der Waals surface area (Å²) >= 11 is 12.2. The third-order valence-electron chi connectivity index (χ3n) is 3.47. The van der Waals surface area contributed by atoms with Crippen LogP contribution in [-0.4, -0.2) is 12.0 Å². The molecule has 106 valence electrons. The molecule has 0 amide bonds. The molecule has 0 fully saturated rings. The van der Waals surface area contributed by atoms with Gasteiger partial charge in [0.1, 0.15) is 0 Å². The molecule has 1 N–H and O–H groups in total. The van der Waals surface area contributed by atoms with E-state index in [0.717, 1.165) is 22.0 Å². The number of benzene rings is 2. The van der Waals surface area contributed by atoms with Crippen molar-refractivity contribution in [3.05, 3.63) is 75.9 Å². The standard InChI is InChI=1S/C17H14Cl2N2/c1-20-17(13-7-14(18)10-15(19)8-13)12-5-4-11-3-2-6-21-16(11)9-12/h2-10,17,20H,1H3. The summed E-state index contributed by atoms with van der Waals surface area (Å²) in [4.78, 5) is 4.41. The maximum Gasteiger partial charge on any atom is 0.0705 e. The Hall–Kier alpha value is -1.61. The van der Waals surface area contributed by atoms with Crippen molar-refractivity contribution in [3.63, 3.8) is 0 Å². The van der Waals surface area contributed by atoms with E-state index in [1.54, 1.807) is 12.3 Å². The maximum atomic E-state index is 6.11. The van der Waals surface area contributed by atoms with Crippen LogP contribution in [-0.2, 0) is 0 Å². The number of hydrogen-bond donors (Lipinski definition) is 1. The van der Waals surface area contributed by atoms with Gasteiger partial charge in [0.05, 0.1) is 11.6 Å². The van der Waals surface area contributed by atoms with Crippen molar-refractivity contribution in [1.29, 1.82) is 0 Å². The molecule has 0 saturated heterocycles. The summed E-state index contributed by atoms with van der Waals surface area (Å²) in [6, 6.07) is 15.9. The molecule has 3 rings (SSSR count). The first-order valence-electron chi connectivity index (χ1n) is 6.65. The van der Waals surface area contributed by atoms with Gasteiger partial charge in [-0.1, -0.05) is 41.4 Å². The lowest BCUT2D eigenvalue weighted by atomic mass is 9.97. The van der Waals surface area contributed by atoms with E-state index in [9.17, 15) is 0 Å². The Morgan fingerprint density at radius 2 is 1.71 bits per heavy atom. The summed E-state index contributed by atoms with van der Waals surface area (Å²) in [6.45, 7) is 0. The maximum absolute atomic E-state index is 6.11. The smallest absolute Gasteiger partial charge is 0.0705 e. The molecule has 4 heteroatoms. The van der Waals surface area contributed by atoms with E-state index in [4.69, 9.17) is 23.2 Å². The van der Waals surface area contributed by atoms with Crippen LogP contribution in [0.15, 0.2) is 54.7 Å². The summed E-state index contributed by atoms with van der Waals surface area (Å²) in [7, 11) is 1.92. The van der Waals surface area contributed by atoms with Crippen LogP contribution in [0.4, 0.5) is 0 Å². The van der Waals surface area contributed by atoms with Crippen LogP contribution < -0.4 is 5.32 Å². The van der Waals surface area contributed by atoms with Gasteiger partial charge in [-0.15, -0.1) is 0 Å². The number of nitrogens with zero attached hydrogens (tertiary/aromatic N) is 1. The van der Waals surface area contributed by atoms with Gasteiger partial charge in [0.2, 0.25) is 0 Å². The second kappa shape index (κ2) is 6.02. The van der Waals surface area contributed by atoms with Crippen LogP contribution in [0.2, 0.25) is 10.0 Å². The number of pyridine rings is 1. The minimum atomic E-state index is 0.0209. The molecule has 1 atom stereocenters. The fourth-order valence-corrected chi connectivity index (χ4v) is 3.07. The highest BCUT2D eigenvalue weighted by molar-refractivity contribution is 6.34. The highest BCUT2D eigenvalue weighted by atomic mass is 35.5. The number of halogens is 2. The van der Waals surface area contributed by atoms with Gasteiger partial charge in [0, 0.05) is 21.6 Å². The molecular formula is C17H14Cl2N2. The molecule has 1 heterocycles. The van der Waals surface area contributed by atoms with E-state index in [-0.39, 0.29) is 6.04 Å². The van der Waals surface area contributed by atoms with Gasteiger partial charge in [-0.2, -0.15) is 0 Å². The Balaban J connectivity index is 2.08. The number of hydrogen-bond acceptors (Lipinski definition) is 2. The Morgan fingerprint density at radius 3 is 2.43 bits per heavy atom. The monoisotopic (exact) mass is 316 g/mol. The predicted octanol–water partition coefficient (Wildman–Crippen LogP) is 4.85. The van der Waals surface area contributed by atoms with Crippen molar-refractivity contribution in [2.24, 2.45) is 0 Å². The van der Waals surface area contributed by atoms with Crippen LogP contribution in [0.25, 0.3) is 10.9 Å². The molecule has 1 unspecified atom stereocenters. The van der Waals surface area contributed by atoms with E-state index in [2.05, 4.69) is 34.6 Å². The molecule has 0 radical (unpaired) electrons. The van der Waals surface area contributed by atoms with Crippen molar-refractivity contribution < 1.29 is 0 Å². The van der Waals surface area contributed by atoms with Crippen molar-refractivity contribution in [2.75, 3.05) is 7.05 Å². The zero-order valence-electron chi connectivity index (χ0n) is 11.5. The molecule has 0 saturated carbocycles. The Morgan fingerprint density at radius 1 is 0.952 bits per heavy atom. The first kappa shape index (κ1) is 14.3. The first-order valence-corrected chi connectivity index (χ1v) is 7.41. The molecule has 21 heavy (non-hydrogen) atoms. The van der Waals surface area contributed by atoms with E-state index in [1.165, 1.54) is 0 Å². The number of nitrogens with one attached hydrogen (secondary N) is 1. The zero-order valence-corrected chi connectivity index (χ0v) is 13.0. The molecule has 0 bridgehead atoms. The lowest BCUT2D eigenvalue weighted by molar-refractivity contribution is 0.692. The molecule has 3 aromatic rings. The largest absolute Gasteiger partial charge is 0.309 e. The van der Waals surface area contributed by atoms with Gasteiger partial charge in [-0.05, 0) is 48.5 Å². The normalized spacial score (nSPS) is 12.5. The van der Waals surface area contributed by atoms with Crippen LogP contribution in [0.1, 0.15) is 17.2 Å². The fraction of sp³-hybridized carbons (Fsp3) is 0.118. The third kappa shape index (κ3) is 3.03. The molecule has 0 aliphatic rings. The second-order valence-electron chi connectivity index (χ2n) is 4.88. The van der Waals surface area contributed by atoms with Crippen molar-refractivity contribution in [3.8, 4) is 0 Å². The molecule has 2 nitrogen and oxygen atoms in total. The predicted molar refractivity (Wildman–Crippen MR) is 89.1 cm³/mol. The lowest BCUT2D eigenvalue weighted by Gasteiger charge is -2.18. The van der Waals surface area contributed by atoms with Crippen molar-refractivity contribution in [2.45, 2.75) is 6.04 Å². The topological polar surface area (TPSA) is 24.9 Å². The highest BCUT2D eigenvalue weighted by Gasteiger charge is 2.14. The van der Waals surface area contributed by atoms with E-state index < -0.39 is 0 Å². The average Bonchev–Trinajstić information content (AvgIpc) is 2.47. The fourth-order valence-electron chi connectivity index (χ4n) is 2.53. The lowest BCUT2D eigenvalue weighted by Crippen LogP contribution is -2.17. The van der Waals surface area contributed by atoms with E-state index in [0.29, 0.717) is 10.0 Å². The quantitative estimate of drug-likeness (QED) is 0.747. The van der Waals surface area contributed by atoms with Gasteiger partial charge in [-0.3, -0.25) is 4.98 Å². The van der Waals surface area contributed by atoms with Crippen LogP contribution in [0.5, 0.6) is 0 Å². The van der Waals surface area contributed by atoms with Crippen LogP contribution in [0, 0.1) is 0 Å². The van der Waals surface area contributed by atoms with Crippen molar-refractivity contribution in [1.82, 2.24) is 10.3 Å². The van der Waals surface area contributed by atoms with Gasteiger partial charge in [0.15, 0.2) is 0 Å². The summed E-state index contributed by atoms with van der Waals surface area (Å²) in [5, 5.41) is 5.71. The van der Waals surface area contributed by atoms with Gasteiger partial charge in [-0.25, -0.2) is 0 Å².